The zero-order valence-electron chi connectivity index (χ0n) is 16.5. The topological polar surface area (TPSA) is 86.6 Å². The third-order valence-corrected chi connectivity index (χ3v) is 5.53. The monoisotopic (exact) mass is 409 g/mol. The molecule has 2 aliphatic rings. The Bertz CT molecular complexity index is 704. The minimum Gasteiger partial charge on any atom is -0.453 e. The van der Waals surface area contributed by atoms with Gasteiger partial charge in [-0.3, -0.25) is 4.79 Å². The molecule has 0 amide bonds. The van der Waals surface area contributed by atoms with Crippen LogP contribution in [0, 0.1) is 5.41 Å². The fourth-order valence-corrected chi connectivity index (χ4v) is 3.92. The maximum Gasteiger partial charge on any atom is 0.311 e. The Hall–Kier alpha value is -1.61. The van der Waals surface area contributed by atoms with Gasteiger partial charge in [0, 0.05) is 5.56 Å². The van der Waals surface area contributed by atoms with Crippen molar-refractivity contribution in [1.29, 1.82) is 0 Å². The molecule has 0 aromatic heterocycles. The molecule has 2 saturated heterocycles. The number of oxime groups is 1. The number of thioether (sulfide) groups is 1. The number of benzene rings is 1. The smallest absolute Gasteiger partial charge is 0.311 e. The van der Waals surface area contributed by atoms with E-state index >= 15 is 0 Å². The van der Waals surface area contributed by atoms with E-state index in [1.807, 2.05) is 37.3 Å². The number of fused-ring (bicyclic) bond motifs is 1. The predicted octanol–water partition coefficient (Wildman–Crippen LogP) is 3.37. The van der Waals surface area contributed by atoms with Gasteiger partial charge in [0.1, 0.15) is 23.4 Å². The van der Waals surface area contributed by atoms with Crippen molar-refractivity contribution >= 4 is 23.4 Å². The van der Waals surface area contributed by atoms with Gasteiger partial charge in [-0.1, -0.05) is 42.4 Å². The van der Waals surface area contributed by atoms with Crippen LogP contribution in [0.1, 0.15) is 39.5 Å². The summed E-state index contributed by atoms with van der Waals surface area (Å²) in [6.07, 6.45) is -2.54. The molecule has 2 fully saturated rings. The first kappa shape index (κ1) is 21.1. The Balaban J connectivity index is 1.88. The molecular formula is C20H27NO6S. The summed E-state index contributed by atoms with van der Waals surface area (Å²) in [5.74, 6) is 0.348. The number of carbonyl (C=O) groups is 1. The van der Waals surface area contributed by atoms with Crippen LogP contribution >= 0.6 is 11.8 Å². The average molecular weight is 410 g/mol. The van der Waals surface area contributed by atoms with Crippen molar-refractivity contribution in [2.75, 3.05) is 12.4 Å². The van der Waals surface area contributed by atoms with E-state index in [2.05, 4.69) is 5.16 Å². The lowest BCUT2D eigenvalue weighted by Crippen LogP contribution is -2.60. The van der Waals surface area contributed by atoms with E-state index in [4.69, 9.17) is 18.9 Å². The maximum absolute atomic E-state index is 12.6. The Morgan fingerprint density at radius 2 is 2.00 bits per heavy atom. The maximum atomic E-state index is 12.6. The lowest BCUT2D eigenvalue weighted by molar-refractivity contribution is -0.286. The molecular weight excluding hydrogens is 382 g/mol. The molecule has 1 aromatic rings. The second kappa shape index (κ2) is 8.82. The number of rotatable bonds is 4. The molecule has 154 valence electrons. The minimum atomic E-state index is -0.852. The van der Waals surface area contributed by atoms with Gasteiger partial charge in [0.25, 0.3) is 0 Å². The molecule has 2 heterocycles. The summed E-state index contributed by atoms with van der Waals surface area (Å²) in [5, 5.41) is 13.1. The van der Waals surface area contributed by atoms with Gasteiger partial charge in [0.2, 0.25) is 0 Å². The summed E-state index contributed by atoms with van der Waals surface area (Å²) in [4.78, 5) is 12.6. The van der Waals surface area contributed by atoms with Crippen molar-refractivity contribution in [2.45, 2.75) is 57.7 Å². The number of esters is 1. The molecule has 5 atom stereocenters. The van der Waals surface area contributed by atoms with Crippen LogP contribution in [0.25, 0.3) is 0 Å². The van der Waals surface area contributed by atoms with E-state index in [-0.39, 0.29) is 12.3 Å². The Morgan fingerprint density at radius 3 is 2.61 bits per heavy atom. The molecule has 2 aliphatic heterocycles. The lowest BCUT2D eigenvalue weighted by atomic mass is 9.95. The molecule has 7 nitrogen and oxygen atoms in total. The van der Waals surface area contributed by atoms with Crippen LogP contribution in [0.15, 0.2) is 35.5 Å². The number of nitrogens with zero attached hydrogens (tertiary/aromatic N) is 1. The molecule has 1 unspecified atom stereocenters. The third-order valence-electron chi connectivity index (χ3n) is 4.54. The van der Waals surface area contributed by atoms with E-state index < -0.39 is 41.4 Å². The summed E-state index contributed by atoms with van der Waals surface area (Å²) in [5.41, 5.74) is -0.130. The van der Waals surface area contributed by atoms with Gasteiger partial charge >= 0.3 is 5.97 Å². The van der Waals surface area contributed by atoms with Gasteiger partial charge in [-0.05, 0) is 26.5 Å². The zero-order chi connectivity index (χ0) is 20.3. The first-order valence-corrected chi connectivity index (χ1v) is 10.4. The fourth-order valence-electron chi connectivity index (χ4n) is 3.05. The highest BCUT2D eigenvalue weighted by molar-refractivity contribution is 8.00. The molecule has 0 radical (unpaired) electrons. The SMILES string of the molecule is CCS[C@H]1O[C@@H]2COC(c3ccccc3)O[C@H]2[C@H](OC(=O)C(C)(C)C)/C1=N/O. The highest BCUT2D eigenvalue weighted by Gasteiger charge is 2.51. The van der Waals surface area contributed by atoms with Crippen LogP contribution in [0.4, 0.5) is 0 Å². The lowest BCUT2D eigenvalue weighted by Gasteiger charge is -2.45. The van der Waals surface area contributed by atoms with Crippen molar-refractivity contribution in [3.8, 4) is 0 Å². The fraction of sp³-hybridized carbons (Fsp3) is 0.600. The summed E-state index contributed by atoms with van der Waals surface area (Å²) < 4.78 is 23.8. The Morgan fingerprint density at radius 1 is 1.29 bits per heavy atom. The molecule has 0 bridgehead atoms. The largest absolute Gasteiger partial charge is 0.453 e. The van der Waals surface area contributed by atoms with Gasteiger partial charge < -0.3 is 24.2 Å². The second-order valence-corrected chi connectivity index (χ2v) is 9.08. The first-order valence-electron chi connectivity index (χ1n) is 9.37. The third kappa shape index (κ3) is 4.51. The second-order valence-electron chi connectivity index (χ2n) is 7.74. The van der Waals surface area contributed by atoms with E-state index in [0.29, 0.717) is 0 Å². The number of ether oxygens (including phenoxy) is 4. The van der Waals surface area contributed by atoms with Crippen LogP contribution in [-0.2, 0) is 23.7 Å². The quantitative estimate of drug-likeness (QED) is 0.463. The molecule has 0 aliphatic carbocycles. The van der Waals surface area contributed by atoms with Crippen LogP contribution in [0.3, 0.4) is 0 Å². The zero-order valence-corrected chi connectivity index (χ0v) is 17.3. The number of hydrogen-bond acceptors (Lipinski definition) is 8. The molecule has 0 spiro atoms. The van der Waals surface area contributed by atoms with Crippen LogP contribution in [0.5, 0.6) is 0 Å². The summed E-state index contributed by atoms with van der Waals surface area (Å²) >= 11 is 1.46. The van der Waals surface area contributed by atoms with Crippen LogP contribution < -0.4 is 0 Å². The summed E-state index contributed by atoms with van der Waals surface area (Å²) in [6, 6.07) is 9.52. The van der Waals surface area contributed by atoms with Crippen molar-refractivity contribution in [3.63, 3.8) is 0 Å². The standard InChI is InChI=1S/C20H27NO6S/c1-5-28-18-14(21-23)16(27-19(22)20(2,3)4)15-13(25-18)11-24-17(26-15)12-9-7-6-8-10-12/h6-10,13,15-18,23H,5,11H2,1-4H3/b21-14-/t13-,15-,16-,17?,18-/m1/s1. The van der Waals surface area contributed by atoms with E-state index in [1.165, 1.54) is 11.8 Å². The number of hydrogen-bond donors (Lipinski definition) is 1. The average Bonchev–Trinajstić information content (AvgIpc) is 2.68. The van der Waals surface area contributed by atoms with Crippen LogP contribution in [0.2, 0.25) is 0 Å². The van der Waals surface area contributed by atoms with E-state index in [1.54, 1.807) is 20.8 Å². The van der Waals surface area contributed by atoms with Gasteiger partial charge in [-0.25, -0.2) is 0 Å². The Labute approximate surface area is 169 Å². The van der Waals surface area contributed by atoms with Crippen LogP contribution in [-0.4, -0.2) is 53.0 Å². The molecule has 3 rings (SSSR count). The van der Waals surface area contributed by atoms with Crippen molar-refractivity contribution < 1.29 is 28.9 Å². The molecule has 1 aromatic carbocycles. The molecule has 8 heteroatoms. The molecule has 0 saturated carbocycles. The van der Waals surface area contributed by atoms with Crippen molar-refractivity contribution in [3.05, 3.63) is 35.9 Å². The van der Waals surface area contributed by atoms with Crippen molar-refractivity contribution in [1.82, 2.24) is 0 Å². The molecule has 28 heavy (non-hydrogen) atoms. The number of carbonyl (C=O) groups excluding carboxylic acids is 1. The highest BCUT2D eigenvalue weighted by atomic mass is 32.2. The van der Waals surface area contributed by atoms with E-state index in [9.17, 15) is 10.0 Å². The van der Waals surface area contributed by atoms with Gasteiger partial charge in [-0.2, -0.15) is 0 Å². The van der Waals surface area contributed by atoms with Gasteiger partial charge in [-0.15, -0.1) is 11.8 Å². The normalized spacial score (nSPS) is 32.0. The van der Waals surface area contributed by atoms with Gasteiger partial charge in [0.05, 0.1) is 12.0 Å². The first-order chi connectivity index (χ1) is 13.3. The Kier molecular flexibility index (Phi) is 6.65. The minimum absolute atomic E-state index is 0.249. The molecule has 1 N–H and O–H groups in total. The predicted molar refractivity (Wildman–Crippen MR) is 105 cm³/mol. The highest BCUT2D eigenvalue weighted by Crippen LogP contribution is 2.37. The van der Waals surface area contributed by atoms with Gasteiger partial charge in [0.15, 0.2) is 12.4 Å². The van der Waals surface area contributed by atoms with Crippen molar-refractivity contribution in [2.24, 2.45) is 10.6 Å². The summed E-state index contributed by atoms with van der Waals surface area (Å²) in [7, 11) is 0. The van der Waals surface area contributed by atoms with E-state index in [0.717, 1.165) is 11.3 Å². The summed E-state index contributed by atoms with van der Waals surface area (Å²) in [6.45, 7) is 7.59.